The van der Waals surface area contributed by atoms with Gasteiger partial charge in [-0.15, -0.1) is 0 Å². The highest BCUT2D eigenvalue weighted by atomic mass is 15.2. The van der Waals surface area contributed by atoms with Crippen LogP contribution in [-0.2, 0) is 0 Å². The van der Waals surface area contributed by atoms with Crippen molar-refractivity contribution in [3.05, 3.63) is 0 Å². The van der Waals surface area contributed by atoms with Crippen LogP contribution in [0.4, 0.5) is 0 Å². The van der Waals surface area contributed by atoms with Crippen LogP contribution in [0, 0.1) is 5.41 Å². The Kier molecular flexibility index (Phi) is 4.58. The van der Waals surface area contributed by atoms with Crippen LogP contribution in [-0.4, -0.2) is 28.9 Å². The molecule has 0 radical (unpaired) electrons. The molecule has 3 N–H and O–H groups in total. The number of amidine groups is 1. The molecule has 0 aromatic rings. The molecule has 88 valence electrons. The minimum absolute atomic E-state index is 0.329. The van der Waals surface area contributed by atoms with Gasteiger partial charge in [0.05, 0.1) is 5.84 Å². The highest BCUT2D eigenvalue weighted by molar-refractivity contribution is 5.77. The van der Waals surface area contributed by atoms with E-state index < -0.39 is 0 Å². The number of nitrogens with one attached hydrogen (secondary N) is 1. The first-order valence-corrected chi connectivity index (χ1v) is 6.20. The second kappa shape index (κ2) is 5.50. The average Bonchev–Trinajstić information content (AvgIpc) is 2.56. The van der Waals surface area contributed by atoms with E-state index in [1.54, 1.807) is 0 Å². The Hall–Kier alpha value is -0.570. The summed E-state index contributed by atoms with van der Waals surface area (Å²) in [6.45, 7) is 6.76. The fourth-order valence-electron chi connectivity index (χ4n) is 2.88. The second-order valence-corrected chi connectivity index (χ2v) is 4.73. The molecule has 1 aliphatic rings. The van der Waals surface area contributed by atoms with E-state index in [1.807, 2.05) is 0 Å². The van der Waals surface area contributed by atoms with Crippen molar-refractivity contribution < 1.29 is 0 Å². The number of nitrogens with zero attached hydrogens (tertiary/aromatic N) is 1. The molecule has 0 aliphatic carbocycles. The molecular weight excluding hydrogens is 186 g/mol. The molecule has 1 rings (SSSR count). The van der Waals surface area contributed by atoms with Crippen molar-refractivity contribution >= 4 is 5.84 Å². The number of rotatable bonds is 5. The van der Waals surface area contributed by atoms with Crippen molar-refractivity contribution in [2.24, 2.45) is 5.73 Å². The van der Waals surface area contributed by atoms with Gasteiger partial charge in [-0.3, -0.25) is 10.3 Å². The van der Waals surface area contributed by atoms with Crippen molar-refractivity contribution in [1.82, 2.24) is 4.90 Å². The molecule has 1 fully saturated rings. The molecular formula is C12H25N3. The van der Waals surface area contributed by atoms with E-state index in [-0.39, 0.29) is 0 Å². The van der Waals surface area contributed by atoms with E-state index in [4.69, 9.17) is 11.1 Å². The molecule has 3 heteroatoms. The summed E-state index contributed by atoms with van der Waals surface area (Å²) in [6.07, 6.45) is 5.66. The van der Waals surface area contributed by atoms with Gasteiger partial charge in [0.2, 0.25) is 0 Å². The summed E-state index contributed by atoms with van der Waals surface area (Å²) in [5.74, 6) is 0.329. The van der Waals surface area contributed by atoms with Gasteiger partial charge in [0.1, 0.15) is 0 Å². The molecule has 0 amide bonds. The van der Waals surface area contributed by atoms with Crippen LogP contribution < -0.4 is 5.73 Å². The van der Waals surface area contributed by atoms with Gasteiger partial charge in [0.15, 0.2) is 0 Å². The molecule has 1 aliphatic heterocycles. The summed E-state index contributed by atoms with van der Waals surface area (Å²) >= 11 is 0. The molecule has 0 bridgehead atoms. The van der Waals surface area contributed by atoms with Gasteiger partial charge < -0.3 is 5.73 Å². The fraction of sp³-hybridized carbons (Fsp3) is 0.917. The smallest absolute Gasteiger partial charge is 0.0921 e. The SMILES string of the molecule is CCC1CCC(C)N1C(CC)CC(=N)N. The summed E-state index contributed by atoms with van der Waals surface area (Å²) in [4.78, 5) is 2.60. The number of likely N-dealkylation sites (tertiary alicyclic amines) is 1. The van der Waals surface area contributed by atoms with Crippen LogP contribution in [0.25, 0.3) is 0 Å². The third kappa shape index (κ3) is 2.94. The molecule has 0 aromatic heterocycles. The van der Waals surface area contributed by atoms with Gasteiger partial charge >= 0.3 is 0 Å². The summed E-state index contributed by atoms with van der Waals surface area (Å²) in [5.41, 5.74) is 5.53. The lowest BCUT2D eigenvalue weighted by Crippen LogP contribution is -2.44. The lowest BCUT2D eigenvalue weighted by molar-refractivity contribution is 0.132. The third-order valence-electron chi connectivity index (χ3n) is 3.67. The van der Waals surface area contributed by atoms with E-state index in [2.05, 4.69) is 25.7 Å². The van der Waals surface area contributed by atoms with E-state index in [0.29, 0.717) is 24.0 Å². The highest BCUT2D eigenvalue weighted by Crippen LogP contribution is 2.30. The standard InChI is InChI=1S/C12H25N3/c1-4-10-7-6-9(3)15(10)11(5-2)8-12(13)14/h9-11H,4-8H2,1-3H3,(H3,13,14). The largest absolute Gasteiger partial charge is 0.388 e. The lowest BCUT2D eigenvalue weighted by Gasteiger charge is -2.35. The van der Waals surface area contributed by atoms with Crippen LogP contribution in [0.2, 0.25) is 0 Å². The Bertz CT molecular complexity index is 215. The van der Waals surface area contributed by atoms with E-state index in [9.17, 15) is 0 Å². The Balaban J connectivity index is 2.67. The first kappa shape index (κ1) is 12.5. The zero-order valence-electron chi connectivity index (χ0n) is 10.3. The molecule has 3 unspecified atom stereocenters. The molecule has 3 atom stereocenters. The highest BCUT2D eigenvalue weighted by Gasteiger charge is 2.33. The van der Waals surface area contributed by atoms with Crippen LogP contribution in [0.5, 0.6) is 0 Å². The second-order valence-electron chi connectivity index (χ2n) is 4.73. The first-order chi connectivity index (χ1) is 7.10. The predicted molar refractivity (Wildman–Crippen MR) is 65.2 cm³/mol. The quantitative estimate of drug-likeness (QED) is 0.542. The van der Waals surface area contributed by atoms with E-state index in [1.165, 1.54) is 19.3 Å². The minimum atomic E-state index is 0.329. The van der Waals surface area contributed by atoms with Crippen molar-refractivity contribution in [1.29, 1.82) is 5.41 Å². The minimum Gasteiger partial charge on any atom is -0.388 e. The third-order valence-corrected chi connectivity index (χ3v) is 3.67. The van der Waals surface area contributed by atoms with Gasteiger partial charge in [0, 0.05) is 24.5 Å². The first-order valence-electron chi connectivity index (χ1n) is 6.20. The van der Waals surface area contributed by atoms with Gasteiger partial charge in [-0.1, -0.05) is 13.8 Å². The monoisotopic (exact) mass is 211 g/mol. The number of hydrogen-bond donors (Lipinski definition) is 2. The molecule has 0 aromatic carbocycles. The summed E-state index contributed by atoms with van der Waals surface area (Å²) in [7, 11) is 0. The van der Waals surface area contributed by atoms with Crippen molar-refractivity contribution in [2.45, 2.75) is 71.0 Å². The average molecular weight is 211 g/mol. The molecule has 1 saturated heterocycles. The van der Waals surface area contributed by atoms with Crippen LogP contribution >= 0.6 is 0 Å². The van der Waals surface area contributed by atoms with Crippen LogP contribution in [0.15, 0.2) is 0 Å². The summed E-state index contributed by atoms with van der Waals surface area (Å²) < 4.78 is 0. The van der Waals surface area contributed by atoms with Gasteiger partial charge in [0.25, 0.3) is 0 Å². The molecule has 3 nitrogen and oxygen atoms in total. The lowest BCUT2D eigenvalue weighted by atomic mass is 10.1. The Labute approximate surface area is 93.5 Å². The zero-order chi connectivity index (χ0) is 11.4. The summed E-state index contributed by atoms with van der Waals surface area (Å²) in [5, 5.41) is 7.43. The zero-order valence-corrected chi connectivity index (χ0v) is 10.3. The maximum absolute atomic E-state index is 7.43. The molecule has 15 heavy (non-hydrogen) atoms. The van der Waals surface area contributed by atoms with Crippen molar-refractivity contribution in [3.8, 4) is 0 Å². The topological polar surface area (TPSA) is 53.1 Å². The van der Waals surface area contributed by atoms with Crippen molar-refractivity contribution in [3.63, 3.8) is 0 Å². The maximum Gasteiger partial charge on any atom is 0.0921 e. The normalized spacial score (nSPS) is 29.3. The molecule has 1 heterocycles. The summed E-state index contributed by atoms with van der Waals surface area (Å²) in [6, 6.07) is 1.86. The molecule has 0 saturated carbocycles. The molecule has 0 spiro atoms. The van der Waals surface area contributed by atoms with Gasteiger partial charge in [-0.25, -0.2) is 0 Å². The van der Waals surface area contributed by atoms with Crippen LogP contribution in [0.1, 0.15) is 52.9 Å². The van der Waals surface area contributed by atoms with Crippen molar-refractivity contribution in [2.75, 3.05) is 0 Å². The Morgan fingerprint density at radius 2 is 2.13 bits per heavy atom. The number of nitrogens with two attached hydrogens (primary N) is 1. The fourth-order valence-corrected chi connectivity index (χ4v) is 2.88. The van der Waals surface area contributed by atoms with Gasteiger partial charge in [-0.05, 0) is 32.6 Å². The Morgan fingerprint density at radius 3 is 2.60 bits per heavy atom. The Morgan fingerprint density at radius 1 is 1.47 bits per heavy atom. The van der Waals surface area contributed by atoms with Gasteiger partial charge in [-0.2, -0.15) is 0 Å². The maximum atomic E-state index is 7.43. The van der Waals surface area contributed by atoms with E-state index >= 15 is 0 Å². The predicted octanol–water partition coefficient (Wildman–Crippen LogP) is 2.35. The number of hydrogen-bond acceptors (Lipinski definition) is 2. The van der Waals surface area contributed by atoms with E-state index in [0.717, 1.165) is 12.8 Å². The van der Waals surface area contributed by atoms with Crippen LogP contribution in [0.3, 0.4) is 0 Å².